The quantitative estimate of drug-likeness (QED) is 0.432. The summed E-state index contributed by atoms with van der Waals surface area (Å²) in [5, 5.41) is 10.1. The summed E-state index contributed by atoms with van der Waals surface area (Å²) in [5.74, 6) is 0.204. The molecule has 4 rings (SSSR count). The zero-order valence-electron chi connectivity index (χ0n) is 25.0. The molecule has 2 heterocycles. The fourth-order valence-electron chi connectivity index (χ4n) is 6.65. The van der Waals surface area contributed by atoms with E-state index in [0.29, 0.717) is 11.0 Å². The topological polar surface area (TPSA) is 43.8 Å². The van der Waals surface area contributed by atoms with Crippen molar-refractivity contribution in [3.8, 4) is 0 Å². The molecule has 0 radical (unpaired) electrons. The molecule has 2 aliphatic heterocycles. The van der Waals surface area contributed by atoms with Gasteiger partial charge in [-0.25, -0.2) is 8.78 Å². The first-order chi connectivity index (χ1) is 17.8. The van der Waals surface area contributed by atoms with Crippen LogP contribution in [0.1, 0.15) is 110 Å². The first-order valence-electron chi connectivity index (χ1n) is 14.7. The molecule has 1 atom stereocenters. The van der Waals surface area contributed by atoms with Gasteiger partial charge >= 0.3 is 0 Å². The van der Waals surface area contributed by atoms with Crippen LogP contribution in [0.15, 0.2) is 18.2 Å². The Bertz CT molecular complexity index is 835. The smallest absolute Gasteiger partial charge is 0.129 e. The van der Waals surface area contributed by atoms with E-state index in [1.165, 1.54) is 70.5 Å². The van der Waals surface area contributed by atoms with E-state index in [-0.39, 0.29) is 11.5 Å². The standard InChI is InChI=1S/C17H33NO.C14H19F2N.CH2O/c1-16(2,19)9-10-17(11-13-18(3)14-12-17)15-7-5-4-6-8-15;1-14(2,3)17-7-6-10(9-17)12-5-4-11(15)8-13(12)16;1-2/h15,19H,4-14H2,1-3H3;4-5,8,10H,6-7,9H2,1-3H3;1H2/t;10-;/m.0./s1. The van der Waals surface area contributed by atoms with Crippen LogP contribution in [0.2, 0.25) is 0 Å². The third-order valence-corrected chi connectivity index (χ3v) is 9.23. The lowest BCUT2D eigenvalue weighted by molar-refractivity contribution is -0.0980. The first-order valence-corrected chi connectivity index (χ1v) is 14.7. The fraction of sp³-hybridized carbons (Fsp3) is 0.781. The van der Waals surface area contributed by atoms with Crippen LogP contribution in [0.25, 0.3) is 0 Å². The molecule has 218 valence electrons. The highest BCUT2D eigenvalue weighted by Crippen LogP contribution is 2.49. The van der Waals surface area contributed by atoms with Crippen molar-refractivity contribution in [2.45, 2.75) is 116 Å². The summed E-state index contributed by atoms with van der Waals surface area (Å²) in [6.07, 6.45) is 13.0. The fourth-order valence-corrected chi connectivity index (χ4v) is 6.65. The van der Waals surface area contributed by atoms with Crippen molar-refractivity contribution in [2.75, 3.05) is 33.2 Å². The number of carbonyl (C=O) groups excluding carboxylic acids is 1. The monoisotopic (exact) mass is 536 g/mol. The molecular weight excluding hydrogens is 482 g/mol. The molecule has 0 unspecified atom stereocenters. The summed E-state index contributed by atoms with van der Waals surface area (Å²) in [4.78, 5) is 12.8. The third-order valence-electron chi connectivity index (χ3n) is 9.23. The minimum Gasteiger partial charge on any atom is -0.390 e. The van der Waals surface area contributed by atoms with Crippen LogP contribution < -0.4 is 0 Å². The number of aliphatic hydroxyl groups is 1. The Labute approximate surface area is 231 Å². The zero-order valence-corrected chi connectivity index (χ0v) is 25.0. The molecule has 0 spiro atoms. The Hall–Kier alpha value is -1.37. The van der Waals surface area contributed by atoms with E-state index >= 15 is 0 Å². The molecule has 4 nitrogen and oxygen atoms in total. The van der Waals surface area contributed by atoms with E-state index in [2.05, 4.69) is 37.6 Å². The molecule has 3 fully saturated rings. The first kappa shape index (κ1) is 32.8. The van der Waals surface area contributed by atoms with Gasteiger partial charge in [0, 0.05) is 24.1 Å². The van der Waals surface area contributed by atoms with Gasteiger partial charge in [0.15, 0.2) is 0 Å². The predicted octanol–water partition coefficient (Wildman–Crippen LogP) is 7.20. The van der Waals surface area contributed by atoms with E-state index in [0.717, 1.165) is 37.9 Å². The van der Waals surface area contributed by atoms with Crippen LogP contribution in [-0.2, 0) is 4.79 Å². The lowest BCUT2D eigenvalue weighted by Gasteiger charge is -2.48. The number of nitrogens with zero attached hydrogens (tertiary/aromatic N) is 2. The average Bonchev–Trinajstić information content (AvgIpc) is 3.37. The van der Waals surface area contributed by atoms with Crippen LogP contribution in [0.3, 0.4) is 0 Å². The van der Waals surface area contributed by atoms with Crippen LogP contribution in [-0.4, -0.2) is 66.1 Å². The average molecular weight is 537 g/mol. The van der Waals surface area contributed by atoms with Gasteiger partial charge in [0.1, 0.15) is 18.4 Å². The SMILES string of the molecule is C=O.CC(C)(C)N1CC[C@H](c2ccc(F)cc2F)C1.CN1CCC(CCC(C)(C)O)(C2CCCCC2)CC1. The molecular formula is C32H54F2N2O2. The summed E-state index contributed by atoms with van der Waals surface area (Å²) in [7, 11) is 2.25. The summed E-state index contributed by atoms with van der Waals surface area (Å²) in [5.41, 5.74) is 0.807. The minimum atomic E-state index is -0.503. The van der Waals surface area contributed by atoms with Gasteiger partial charge in [-0.1, -0.05) is 25.3 Å². The molecule has 6 heteroatoms. The highest BCUT2D eigenvalue weighted by molar-refractivity contribution is 5.24. The normalized spacial score (nSPS) is 23.2. The van der Waals surface area contributed by atoms with E-state index in [1.54, 1.807) is 6.07 Å². The van der Waals surface area contributed by atoms with Gasteiger partial charge in [-0.3, -0.25) is 4.90 Å². The maximum Gasteiger partial charge on any atom is 0.129 e. The van der Waals surface area contributed by atoms with Crippen molar-refractivity contribution in [3.63, 3.8) is 0 Å². The van der Waals surface area contributed by atoms with Gasteiger partial charge in [-0.05, 0) is 129 Å². The Morgan fingerprint density at radius 3 is 2.08 bits per heavy atom. The molecule has 0 amide bonds. The lowest BCUT2D eigenvalue weighted by atomic mass is 9.61. The Balaban J connectivity index is 0.000000252. The predicted molar refractivity (Wildman–Crippen MR) is 153 cm³/mol. The Morgan fingerprint density at radius 2 is 1.58 bits per heavy atom. The maximum atomic E-state index is 13.7. The van der Waals surface area contributed by atoms with Crippen LogP contribution >= 0.6 is 0 Å². The highest BCUT2D eigenvalue weighted by atomic mass is 19.1. The lowest BCUT2D eigenvalue weighted by Crippen LogP contribution is -2.44. The second kappa shape index (κ2) is 14.3. The van der Waals surface area contributed by atoms with E-state index in [4.69, 9.17) is 4.79 Å². The molecule has 1 N–H and O–H groups in total. The van der Waals surface area contributed by atoms with Gasteiger partial charge in [0.25, 0.3) is 0 Å². The third kappa shape index (κ3) is 9.67. The summed E-state index contributed by atoms with van der Waals surface area (Å²) < 4.78 is 26.5. The van der Waals surface area contributed by atoms with Crippen molar-refractivity contribution in [1.29, 1.82) is 0 Å². The van der Waals surface area contributed by atoms with Gasteiger partial charge in [-0.15, -0.1) is 0 Å². The summed E-state index contributed by atoms with van der Waals surface area (Å²) in [6.45, 7) is 16.8. The molecule has 0 bridgehead atoms. The van der Waals surface area contributed by atoms with Gasteiger partial charge < -0.3 is 14.8 Å². The van der Waals surface area contributed by atoms with Crippen LogP contribution in [0.5, 0.6) is 0 Å². The number of hydrogen-bond donors (Lipinski definition) is 1. The molecule has 3 aliphatic rings. The van der Waals surface area contributed by atoms with Gasteiger partial charge in [0.2, 0.25) is 0 Å². The molecule has 2 saturated heterocycles. The van der Waals surface area contributed by atoms with Crippen LogP contribution in [0, 0.1) is 23.0 Å². The Kier molecular flexibility index (Phi) is 12.4. The number of piperidine rings is 1. The highest BCUT2D eigenvalue weighted by Gasteiger charge is 2.41. The second-order valence-corrected chi connectivity index (χ2v) is 13.6. The zero-order chi connectivity index (χ0) is 28.6. The molecule has 38 heavy (non-hydrogen) atoms. The van der Waals surface area contributed by atoms with Crippen molar-refractivity contribution in [3.05, 3.63) is 35.4 Å². The van der Waals surface area contributed by atoms with Crippen molar-refractivity contribution in [2.24, 2.45) is 11.3 Å². The molecule has 1 saturated carbocycles. The molecule has 0 aromatic heterocycles. The van der Waals surface area contributed by atoms with Crippen LogP contribution in [0.4, 0.5) is 8.78 Å². The maximum absolute atomic E-state index is 13.7. The van der Waals surface area contributed by atoms with E-state index in [9.17, 15) is 13.9 Å². The van der Waals surface area contributed by atoms with E-state index < -0.39 is 17.2 Å². The number of benzene rings is 1. The summed E-state index contributed by atoms with van der Waals surface area (Å²) >= 11 is 0. The van der Waals surface area contributed by atoms with Crippen molar-refractivity contribution >= 4 is 6.79 Å². The minimum absolute atomic E-state index is 0.116. The number of halogens is 2. The van der Waals surface area contributed by atoms with Crippen molar-refractivity contribution < 1.29 is 18.7 Å². The largest absolute Gasteiger partial charge is 0.390 e. The number of carbonyl (C=O) groups is 1. The van der Waals surface area contributed by atoms with Gasteiger partial charge in [-0.2, -0.15) is 0 Å². The molecule has 1 aromatic carbocycles. The number of rotatable bonds is 5. The van der Waals surface area contributed by atoms with E-state index in [1.807, 2.05) is 20.6 Å². The molecule has 1 aliphatic carbocycles. The molecule has 1 aromatic rings. The van der Waals surface area contributed by atoms with Crippen molar-refractivity contribution in [1.82, 2.24) is 9.80 Å². The number of hydrogen-bond acceptors (Lipinski definition) is 4. The summed E-state index contributed by atoms with van der Waals surface area (Å²) in [6, 6.07) is 3.91. The second-order valence-electron chi connectivity index (χ2n) is 13.6. The Morgan fingerprint density at radius 1 is 0.974 bits per heavy atom. The van der Waals surface area contributed by atoms with Gasteiger partial charge in [0.05, 0.1) is 5.60 Å². The number of likely N-dealkylation sites (tertiary alicyclic amines) is 2.